The van der Waals surface area contributed by atoms with Crippen molar-refractivity contribution >= 4 is 17.8 Å². The fourth-order valence-corrected chi connectivity index (χ4v) is 15.9. The lowest BCUT2D eigenvalue weighted by molar-refractivity contribution is -0.386. The monoisotopic (exact) mass is 1570 g/mol. The number of carbonyl (C=O) groups excluding carboxylic acids is 2. The van der Waals surface area contributed by atoms with Crippen LogP contribution in [0.25, 0.3) is 0 Å². The van der Waals surface area contributed by atoms with Gasteiger partial charge in [0, 0.05) is 19.8 Å². The summed E-state index contributed by atoms with van der Waals surface area (Å²) in [5.74, 6) is -6.09. The Hall–Kier alpha value is -2.53. The molecule has 3 heterocycles. The fraction of sp³-hybridized carbons (Fsp3) is 0.943. The van der Waals surface area contributed by atoms with E-state index in [4.69, 9.17) is 28.4 Å². The van der Waals surface area contributed by atoms with E-state index in [0.717, 1.165) is 58.3 Å². The zero-order chi connectivity index (χ0) is 80.3. The maximum absolute atomic E-state index is 13.6. The topological polar surface area (TPSA) is 373 Å². The highest BCUT2D eigenvalue weighted by molar-refractivity contribution is 5.77. The highest BCUT2D eigenvalue weighted by Gasteiger charge is 2.60. The standard InChI is InChI=1S/C87H164N2O21/c1-4-6-8-10-12-14-16-18-20-22-24-25-26-27-28-29-30-31-32-33-34-35-36-37-38-39-40-41-43-45-47-49-51-53-55-57-59-61-74(97)89-68(69(94)60-58-56-54-52-50-48-46-44-42-23-21-19-17-15-13-11-9-7-5-2)66-105-84-79(101)78(100)81(73(65-92)107-84)108-85-80(102)83(77(99)72(64-91)106-85)110-87(86(103)104)62-70(95)75(88-67(3)93)82(109-87)76(98)71(96)63-90/h31-32,68-73,75-85,90-92,94-96,98-102H,4-30,33-66H2,1-3H3,(H,88,93)(H,89,97)(H,103,104)/b32-31-. The molecule has 3 rings (SSSR count). The summed E-state index contributed by atoms with van der Waals surface area (Å²) in [6, 6.07) is -2.53. The van der Waals surface area contributed by atoms with E-state index in [0.29, 0.717) is 19.3 Å². The van der Waals surface area contributed by atoms with E-state index in [1.54, 1.807) is 0 Å². The van der Waals surface area contributed by atoms with E-state index in [9.17, 15) is 75.7 Å². The maximum atomic E-state index is 13.6. The number of carboxylic acids is 1. The van der Waals surface area contributed by atoms with Gasteiger partial charge in [0.05, 0.1) is 50.7 Å². The Bertz CT molecular complexity index is 2220. The van der Waals surface area contributed by atoms with Crippen LogP contribution < -0.4 is 10.6 Å². The van der Waals surface area contributed by atoms with Crippen molar-refractivity contribution in [1.29, 1.82) is 0 Å². The predicted octanol–water partition coefficient (Wildman–Crippen LogP) is 14.1. The lowest BCUT2D eigenvalue weighted by Crippen LogP contribution is -2.70. The normalized spacial score (nSPS) is 25.6. The van der Waals surface area contributed by atoms with E-state index >= 15 is 0 Å². The largest absolute Gasteiger partial charge is 0.477 e. The summed E-state index contributed by atoms with van der Waals surface area (Å²) in [6.45, 7) is 2.28. The second-order valence-corrected chi connectivity index (χ2v) is 32.8. The van der Waals surface area contributed by atoms with Gasteiger partial charge in [-0.15, -0.1) is 0 Å². The van der Waals surface area contributed by atoms with Crippen LogP contribution in [-0.4, -0.2) is 215 Å². The third-order valence-electron chi connectivity index (χ3n) is 23.0. The van der Waals surface area contributed by atoms with E-state index in [2.05, 4.69) is 36.6 Å². The van der Waals surface area contributed by atoms with Crippen LogP contribution >= 0.6 is 0 Å². The van der Waals surface area contributed by atoms with Gasteiger partial charge in [-0.25, -0.2) is 4.79 Å². The molecule has 18 atom stereocenters. The summed E-state index contributed by atoms with van der Waals surface area (Å²) in [5.41, 5.74) is 0. The van der Waals surface area contributed by atoms with Gasteiger partial charge in [0.15, 0.2) is 12.6 Å². The van der Waals surface area contributed by atoms with Gasteiger partial charge in [0.1, 0.15) is 67.1 Å². The molecular formula is C87H164N2O21. The average Bonchev–Trinajstić information content (AvgIpc) is 0.753. The van der Waals surface area contributed by atoms with Gasteiger partial charge in [-0.2, -0.15) is 0 Å². The molecule has 0 aromatic rings. The second kappa shape index (κ2) is 65.5. The molecule has 14 N–H and O–H groups in total. The molecule has 0 radical (unpaired) electrons. The van der Waals surface area contributed by atoms with Gasteiger partial charge in [0.25, 0.3) is 5.79 Å². The molecule has 23 nitrogen and oxygen atoms in total. The van der Waals surface area contributed by atoms with Gasteiger partial charge in [-0.3, -0.25) is 9.59 Å². The number of aliphatic hydroxyl groups excluding tert-OH is 11. The number of ether oxygens (including phenoxy) is 6. The van der Waals surface area contributed by atoms with Crippen LogP contribution in [0.4, 0.5) is 0 Å². The van der Waals surface area contributed by atoms with Crippen LogP contribution in [0.1, 0.15) is 387 Å². The Morgan fingerprint density at radius 3 is 1.23 bits per heavy atom. The summed E-state index contributed by atoms with van der Waals surface area (Å²) in [6.07, 6.45) is 45.2. The summed E-state index contributed by atoms with van der Waals surface area (Å²) in [7, 11) is 0. The number of hydrogen-bond donors (Lipinski definition) is 14. The van der Waals surface area contributed by atoms with Gasteiger partial charge in [-0.1, -0.05) is 341 Å². The maximum Gasteiger partial charge on any atom is 0.364 e. The Labute approximate surface area is 664 Å². The Kier molecular flexibility index (Phi) is 60.5. The molecule has 3 saturated heterocycles. The summed E-state index contributed by atoms with van der Waals surface area (Å²) >= 11 is 0. The van der Waals surface area contributed by atoms with Crippen molar-refractivity contribution in [2.75, 3.05) is 26.4 Å². The van der Waals surface area contributed by atoms with E-state index in [1.807, 2.05) is 0 Å². The first-order valence-electron chi connectivity index (χ1n) is 45.0. The number of carbonyl (C=O) groups is 3. The molecule has 0 aliphatic carbocycles. The van der Waals surface area contributed by atoms with Crippen LogP contribution in [0.5, 0.6) is 0 Å². The number of carboxylic acid groups (broad SMARTS) is 1. The van der Waals surface area contributed by atoms with Gasteiger partial charge >= 0.3 is 5.97 Å². The molecule has 3 fully saturated rings. The van der Waals surface area contributed by atoms with Crippen molar-refractivity contribution in [3.05, 3.63) is 12.2 Å². The third-order valence-corrected chi connectivity index (χ3v) is 23.0. The Morgan fingerprint density at radius 2 is 0.845 bits per heavy atom. The lowest BCUT2D eigenvalue weighted by Gasteiger charge is -2.50. The molecule has 0 aromatic carbocycles. The predicted molar refractivity (Wildman–Crippen MR) is 431 cm³/mol. The second-order valence-electron chi connectivity index (χ2n) is 32.8. The van der Waals surface area contributed by atoms with Crippen molar-refractivity contribution < 1.29 is 104 Å². The highest BCUT2D eigenvalue weighted by Crippen LogP contribution is 2.39. The van der Waals surface area contributed by atoms with Crippen LogP contribution in [0, 0.1) is 0 Å². The molecule has 23 heteroatoms. The van der Waals surface area contributed by atoms with Crippen molar-refractivity contribution in [1.82, 2.24) is 10.6 Å². The molecule has 3 aliphatic heterocycles. The molecule has 18 unspecified atom stereocenters. The molecule has 3 aliphatic rings. The van der Waals surface area contributed by atoms with Crippen molar-refractivity contribution in [3.63, 3.8) is 0 Å². The summed E-state index contributed by atoms with van der Waals surface area (Å²) < 4.78 is 35.0. The minimum absolute atomic E-state index is 0.228. The van der Waals surface area contributed by atoms with Crippen molar-refractivity contribution in [2.45, 2.75) is 497 Å². The highest BCUT2D eigenvalue weighted by atomic mass is 16.8. The number of unbranched alkanes of at least 4 members (excludes halogenated alkanes) is 51. The molecule has 0 spiro atoms. The molecule has 648 valence electrons. The average molecular weight is 1570 g/mol. The van der Waals surface area contributed by atoms with Crippen LogP contribution in [0.3, 0.4) is 0 Å². The SMILES string of the molecule is CCCCCCCCCCCCCCCCCC/C=C\CCCCCCCCCCCCCCCCCCCC(=O)NC(COC1OC(CO)C(OC2OC(CO)C(O)C(OC3(C(=O)O)CC(O)C(NC(C)=O)C(C(O)C(O)CO)O3)C2O)C(O)C1O)C(O)CCCCCCCCCCCCCCCCCCCCC. The van der Waals surface area contributed by atoms with Crippen molar-refractivity contribution in [2.24, 2.45) is 0 Å². The van der Waals surface area contributed by atoms with Crippen LogP contribution in [-0.2, 0) is 42.8 Å². The molecule has 0 saturated carbocycles. The minimum Gasteiger partial charge on any atom is -0.477 e. The number of allylic oxidation sites excluding steroid dienone is 2. The number of rotatable bonds is 73. The molecule has 110 heavy (non-hydrogen) atoms. The zero-order valence-electron chi connectivity index (χ0n) is 69.1. The van der Waals surface area contributed by atoms with E-state index in [-0.39, 0.29) is 18.9 Å². The van der Waals surface area contributed by atoms with Gasteiger partial charge in [-0.05, 0) is 38.5 Å². The third kappa shape index (κ3) is 44.1. The number of hydrogen-bond acceptors (Lipinski definition) is 20. The quantitative estimate of drug-likeness (QED) is 0.0199. The first kappa shape index (κ1) is 102. The molecule has 0 bridgehead atoms. The number of aliphatic hydroxyl groups is 11. The fourth-order valence-electron chi connectivity index (χ4n) is 15.9. The summed E-state index contributed by atoms with van der Waals surface area (Å²) in [5, 5.41) is 137. The number of aliphatic carboxylic acids is 1. The zero-order valence-corrected chi connectivity index (χ0v) is 69.1. The van der Waals surface area contributed by atoms with E-state index < -0.39 is 148 Å². The summed E-state index contributed by atoms with van der Waals surface area (Å²) in [4.78, 5) is 38.8. The molecular weight excluding hydrogens is 1410 g/mol. The first-order chi connectivity index (χ1) is 53.4. The van der Waals surface area contributed by atoms with Crippen LogP contribution in [0.15, 0.2) is 12.2 Å². The minimum atomic E-state index is -3.08. The van der Waals surface area contributed by atoms with Crippen molar-refractivity contribution in [3.8, 4) is 0 Å². The van der Waals surface area contributed by atoms with Crippen LogP contribution in [0.2, 0.25) is 0 Å². The Balaban J connectivity index is 1.41. The number of nitrogens with one attached hydrogen (secondary N) is 2. The smallest absolute Gasteiger partial charge is 0.364 e. The van der Waals surface area contributed by atoms with Gasteiger partial charge < -0.3 is 100 Å². The number of amides is 2. The lowest BCUT2D eigenvalue weighted by atomic mass is 9.88. The molecule has 0 aromatic heterocycles. The van der Waals surface area contributed by atoms with Gasteiger partial charge in [0.2, 0.25) is 11.8 Å². The molecule has 2 amide bonds. The van der Waals surface area contributed by atoms with E-state index in [1.165, 1.54) is 283 Å². The first-order valence-corrected chi connectivity index (χ1v) is 45.0. The Morgan fingerprint density at radius 1 is 0.464 bits per heavy atom.